The molecule has 0 spiro atoms. The lowest BCUT2D eigenvalue weighted by atomic mass is 10.2. The molecule has 1 aliphatic rings. The number of ether oxygens (including phenoxy) is 2. The highest BCUT2D eigenvalue weighted by Crippen LogP contribution is 2.07. The third-order valence-corrected chi connectivity index (χ3v) is 2.52. The van der Waals surface area contributed by atoms with Gasteiger partial charge in [-0.2, -0.15) is 0 Å². The van der Waals surface area contributed by atoms with Crippen LogP contribution in [0.15, 0.2) is 12.2 Å². The molecule has 0 bridgehead atoms. The van der Waals surface area contributed by atoms with Gasteiger partial charge in [-0.1, -0.05) is 12.8 Å². The van der Waals surface area contributed by atoms with Crippen LogP contribution in [-0.4, -0.2) is 43.8 Å². The third kappa shape index (κ3) is 5.10. The number of unbranched alkanes of at least 4 members (excludes halogenated alkanes) is 3. The van der Waals surface area contributed by atoms with Crippen LogP contribution in [0.2, 0.25) is 0 Å². The van der Waals surface area contributed by atoms with E-state index in [1.165, 1.54) is 17.1 Å². The van der Waals surface area contributed by atoms with E-state index in [1.807, 2.05) is 0 Å². The van der Waals surface area contributed by atoms with Gasteiger partial charge in [0.05, 0.1) is 0 Å². The van der Waals surface area contributed by atoms with Crippen LogP contribution in [0.3, 0.4) is 0 Å². The monoisotopic (exact) mass is 241 g/mol. The summed E-state index contributed by atoms with van der Waals surface area (Å²) in [5.41, 5.74) is 0. The zero-order valence-electron chi connectivity index (χ0n) is 10.2. The highest BCUT2D eigenvalue weighted by Gasteiger charge is 2.21. The molecule has 1 aliphatic heterocycles. The molecule has 0 unspecified atom stereocenters. The van der Waals surface area contributed by atoms with E-state index in [1.54, 1.807) is 7.11 Å². The zero-order chi connectivity index (χ0) is 12.5. The molecular weight excluding hydrogens is 222 g/mol. The number of carbonyl (C=O) groups is 2. The fourth-order valence-corrected chi connectivity index (χ4v) is 1.62. The van der Waals surface area contributed by atoms with Crippen molar-refractivity contribution in [1.82, 2.24) is 4.90 Å². The summed E-state index contributed by atoms with van der Waals surface area (Å²) in [5, 5.41) is 0. The number of methoxy groups -OCH3 is 1. The van der Waals surface area contributed by atoms with Gasteiger partial charge >= 0.3 is 0 Å². The van der Waals surface area contributed by atoms with Gasteiger partial charge in [0.15, 0.2) is 0 Å². The van der Waals surface area contributed by atoms with E-state index in [0.29, 0.717) is 19.9 Å². The molecule has 1 heterocycles. The number of rotatable bonds is 9. The Kier molecular flexibility index (Phi) is 6.50. The zero-order valence-corrected chi connectivity index (χ0v) is 10.2. The lowest BCUT2D eigenvalue weighted by Gasteiger charge is -2.12. The maximum atomic E-state index is 11.2. The van der Waals surface area contributed by atoms with E-state index in [4.69, 9.17) is 9.47 Å². The number of amides is 2. The quantitative estimate of drug-likeness (QED) is 0.344. The summed E-state index contributed by atoms with van der Waals surface area (Å²) in [4.78, 5) is 23.7. The molecule has 0 aromatic rings. The molecule has 96 valence electrons. The molecular formula is C12H19NO4. The third-order valence-electron chi connectivity index (χ3n) is 2.52. The van der Waals surface area contributed by atoms with Crippen LogP contribution in [0.25, 0.3) is 0 Å². The minimum Gasteiger partial charge on any atom is -0.359 e. The van der Waals surface area contributed by atoms with Crippen molar-refractivity contribution in [2.45, 2.75) is 25.7 Å². The minimum absolute atomic E-state index is 0.196. The van der Waals surface area contributed by atoms with Gasteiger partial charge in [-0.3, -0.25) is 14.5 Å². The first-order chi connectivity index (χ1) is 8.25. The molecule has 0 aliphatic carbocycles. The van der Waals surface area contributed by atoms with E-state index < -0.39 is 0 Å². The Morgan fingerprint density at radius 1 is 1.06 bits per heavy atom. The van der Waals surface area contributed by atoms with Gasteiger partial charge in [-0.15, -0.1) is 0 Å². The van der Waals surface area contributed by atoms with E-state index >= 15 is 0 Å². The highest BCUT2D eigenvalue weighted by atomic mass is 16.7. The molecule has 0 radical (unpaired) electrons. The van der Waals surface area contributed by atoms with Crippen molar-refractivity contribution < 1.29 is 19.1 Å². The Bertz CT molecular complexity index is 270. The van der Waals surface area contributed by atoms with Gasteiger partial charge in [0, 0.05) is 32.4 Å². The van der Waals surface area contributed by atoms with Crippen LogP contribution in [0.5, 0.6) is 0 Å². The predicted molar refractivity (Wildman–Crippen MR) is 62.2 cm³/mol. The van der Waals surface area contributed by atoms with Crippen LogP contribution in [0.4, 0.5) is 0 Å². The highest BCUT2D eigenvalue weighted by molar-refractivity contribution is 6.12. The molecule has 5 heteroatoms. The number of hydrogen-bond donors (Lipinski definition) is 0. The fourth-order valence-electron chi connectivity index (χ4n) is 1.62. The van der Waals surface area contributed by atoms with Crippen LogP contribution in [0.1, 0.15) is 25.7 Å². The number of hydrogen-bond acceptors (Lipinski definition) is 4. The molecule has 17 heavy (non-hydrogen) atoms. The van der Waals surface area contributed by atoms with E-state index in [0.717, 1.165) is 25.7 Å². The Morgan fingerprint density at radius 3 is 2.35 bits per heavy atom. The molecule has 0 saturated carbocycles. The first kappa shape index (κ1) is 13.9. The molecule has 0 atom stereocenters. The van der Waals surface area contributed by atoms with Crippen LogP contribution < -0.4 is 0 Å². The molecule has 0 aromatic heterocycles. The fraction of sp³-hybridized carbons (Fsp3) is 0.667. The van der Waals surface area contributed by atoms with Crippen molar-refractivity contribution in [3.05, 3.63) is 12.2 Å². The molecule has 0 N–H and O–H groups in total. The Balaban J connectivity index is 1.94. The lowest BCUT2D eigenvalue weighted by molar-refractivity contribution is -0.136. The maximum Gasteiger partial charge on any atom is 0.253 e. The van der Waals surface area contributed by atoms with Crippen LogP contribution in [-0.2, 0) is 19.1 Å². The Hall–Kier alpha value is -1.20. The second kappa shape index (κ2) is 7.97. The van der Waals surface area contributed by atoms with E-state index in [-0.39, 0.29) is 11.8 Å². The lowest BCUT2D eigenvalue weighted by Crippen LogP contribution is -2.30. The average molecular weight is 241 g/mol. The first-order valence-corrected chi connectivity index (χ1v) is 5.86. The predicted octanol–water partition coefficient (Wildman–Crippen LogP) is 1.09. The topological polar surface area (TPSA) is 55.8 Å². The van der Waals surface area contributed by atoms with Crippen LogP contribution in [0, 0.1) is 0 Å². The molecule has 2 amide bonds. The SMILES string of the molecule is COCOCCCCCCN1C(=O)C=CC1=O. The molecule has 0 aromatic carbocycles. The Labute approximate surface area is 101 Å². The summed E-state index contributed by atoms with van der Waals surface area (Å²) < 4.78 is 9.90. The molecule has 0 saturated heterocycles. The minimum atomic E-state index is -0.196. The van der Waals surface area contributed by atoms with Crippen LogP contribution >= 0.6 is 0 Å². The summed E-state index contributed by atoms with van der Waals surface area (Å²) in [6.07, 6.45) is 6.50. The second-order valence-corrected chi connectivity index (χ2v) is 3.89. The van der Waals surface area contributed by atoms with E-state index in [9.17, 15) is 9.59 Å². The number of nitrogens with zero attached hydrogens (tertiary/aromatic N) is 1. The summed E-state index contributed by atoms with van der Waals surface area (Å²) >= 11 is 0. The van der Waals surface area contributed by atoms with Crippen molar-refractivity contribution in [1.29, 1.82) is 0 Å². The molecule has 1 rings (SSSR count). The van der Waals surface area contributed by atoms with Gasteiger partial charge < -0.3 is 9.47 Å². The van der Waals surface area contributed by atoms with Crippen molar-refractivity contribution in [3.8, 4) is 0 Å². The van der Waals surface area contributed by atoms with Gasteiger partial charge in [0.25, 0.3) is 11.8 Å². The first-order valence-electron chi connectivity index (χ1n) is 5.86. The van der Waals surface area contributed by atoms with E-state index in [2.05, 4.69) is 0 Å². The standard InChI is InChI=1S/C12H19NO4/c1-16-10-17-9-5-3-2-4-8-13-11(14)6-7-12(13)15/h6-7H,2-5,8-10H2,1H3. The smallest absolute Gasteiger partial charge is 0.253 e. The summed E-state index contributed by atoms with van der Waals surface area (Å²) in [6.45, 7) is 1.54. The summed E-state index contributed by atoms with van der Waals surface area (Å²) in [7, 11) is 1.60. The van der Waals surface area contributed by atoms with Gasteiger partial charge in [-0.25, -0.2) is 0 Å². The number of imide groups is 1. The van der Waals surface area contributed by atoms with Gasteiger partial charge in [-0.05, 0) is 12.8 Å². The Morgan fingerprint density at radius 2 is 1.71 bits per heavy atom. The molecule has 5 nitrogen and oxygen atoms in total. The summed E-state index contributed by atoms with van der Waals surface area (Å²) in [5.74, 6) is -0.392. The second-order valence-electron chi connectivity index (χ2n) is 3.89. The normalized spacial score (nSPS) is 15.0. The van der Waals surface area contributed by atoms with Crippen molar-refractivity contribution >= 4 is 11.8 Å². The number of carbonyl (C=O) groups excluding carboxylic acids is 2. The average Bonchev–Trinajstić information content (AvgIpc) is 2.63. The summed E-state index contributed by atoms with van der Waals surface area (Å²) in [6, 6.07) is 0. The van der Waals surface area contributed by atoms with Crippen molar-refractivity contribution in [2.75, 3.05) is 27.1 Å². The molecule has 0 fully saturated rings. The largest absolute Gasteiger partial charge is 0.359 e. The van der Waals surface area contributed by atoms with Gasteiger partial charge in [0.2, 0.25) is 0 Å². The maximum absolute atomic E-state index is 11.2. The van der Waals surface area contributed by atoms with Crippen molar-refractivity contribution in [2.24, 2.45) is 0 Å². The van der Waals surface area contributed by atoms with Crippen molar-refractivity contribution in [3.63, 3.8) is 0 Å². The van der Waals surface area contributed by atoms with Gasteiger partial charge in [0.1, 0.15) is 6.79 Å².